The van der Waals surface area contributed by atoms with Gasteiger partial charge in [-0.05, 0) is 55.8 Å². The minimum atomic E-state index is -0.365. The van der Waals surface area contributed by atoms with Crippen molar-refractivity contribution in [2.24, 2.45) is 0 Å². The zero-order valence-corrected chi connectivity index (χ0v) is 14.6. The van der Waals surface area contributed by atoms with Crippen molar-refractivity contribution in [1.82, 2.24) is 9.97 Å². The number of carbonyl (C=O) groups excluding carboxylic acids is 1. The molecule has 0 atom stereocenters. The normalized spacial score (nSPS) is 11.0. The van der Waals surface area contributed by atoms with E-state index in [-0.39, 0.29) is 11.8 Å². The van der Waals surface area contributed by atoms with Crippen LogP contribution in [0.25, 0.3) is 20.8 Å². The van der Waals surface area contributed by atoms with Crippen LogP contribution in [0.15, 0.2) is 53.1 Å². The molecule has 2 aromatic heterocycles. The zero-order valence-electron chi connectivity index (χ0n) is 13.7. The number of amides is 1. The predicted molar refractivity (Wildman–Crippen MR) is 99.0 cm³/mol. The summed E-state index contributed by atoms with van der Waals surface area (Å²) in [5, 5.41) is 3.73. The van der Waals surface area contributed by atoms with Crippen LogP contribution in [0.3, 0.4) is 0 Å². The van der Waals surface area contributed by atoms with E-state index in [0.29, 0.717) is 11.4 Å². The molecule has 25 heavy (non-hydrogen) atoms. The van der Waals surface area contributed by atoms with Crippen LogP contribution >= 0.6 is 11.3 Å². The largest absolute Gasteiger partial charge is 0.438 e. The second-order valence-electron chi connectivity index (χ2n) is 5.80. The van der Waals surface area contributed by atoms with Crippen molar-refractivity contribution in [3.05, 3.63) is 65.9 Å². The molecule has 0 aliphatic rings. The molecule has 1 amide bonds. The summed E-state index contributed by atoms with van der Waals surface area (Å²) >= 11 is 1.66. The molecule has 4 aromatic rings. The van der Waals surface area contributed by atoms with Gasteiger partial charge in [0.25, 0.3) is 5.89 Å². The summed E-state index contributed by atoms with van der Waals surface area (Å²) in [6.07, 6.45) is 1.52. The first kappa shape index (κ1) is 15.5. The van der Waals surface area contributed by atoms with Gasteiger partial charge in [-0.1, -0.05) is 6.07 Å². The molecule has 6 heteroatoms. The molecule has 0 fully saturated rings. The first-order valence-electron chi connectivity index (χ1n) is 7.80. The predicted octanol–water partition coefficient (Wildman–Crippen LogP) is 4.82. The van der Waals surface area contributed by atoms with Gasteiger partial charge in [-0.2, -0.15) is 0 Å². The van der Waals surface area contributed by atoms with E-state index >= 15 is 0 Å². The number of aromatic nitrogens is 2. The van der Waals surface area contributed by atoms with Gasteiger partial charge in [0.2, 0.25) is 0 Å². The second-order valence-corrected chi connectivity index (χ2v) is 6.83. The third kappa shape index (κ3) is 3.16. The molecule has 0 aliphatic carbocycles. The summed E-state index contributed by atoms with van der Waals surface area (Å²) in [6, 6.07) is 13.8. The molecule has 4 rings (SSSR count). The summed E-state index contributed by atoms with van der Waals surface area (Å²) in [6.45, 7) is 3.82. The van der Waals surface area contributed by atoms with Crippen LogP contribution < -0.4 is 5.32 Å². The molecule has 2 heterocycles. The van der Waals surface area contributed by atoms with E-state index in [1.165, 1.54) is 16.5 Å². The number of carbonyl (C=O) groups is 1. The Morgan fingerprint density at radius 3 is 2.64 bits per heavy atom. The molecule has 2 aromatic carbocycles. The van der Waals surface area contributed by atoms with Crippen LogP contribution in [0.4, 0.5) is 5.69 Å². The van der Waals surface area contributed by atoms with Crippen LogP contribution in [0.5, 0.6) is 0 Å². The standard InChI is InChI=1S/C19H15N3O2S/c1-11-3-8-15-16(9-11)25-19(22-15)13-4-6-14(7-5-13)21-17(23)18-20-10-12(2)24-18/h3-10H,1-2H3,(H,21,23). The highest BCUT2D eigenvalue weighted by Gasteiger charge is 2.12. The maximum atomic E-state index is 12.1. The highest BCUT2D eigenvalue weighted by Crippen LogP contribution is 2.31. The summed E-state index contributed by atoms with van der Waals surface area (Å²) in [7, 11) is 0. The van der Waals surface area contributed by atoms with Gasteiger partial charge in [0.15, 0.2) is 0 Å². The number of hydrogen-bond donors (Lipinski definition) is 1. The monoisotopic (exact) mass is 349 g/mol. The first-order valence-corrected chi connectivity index (χ1v) is 8.61. The van der Waals surface area contributed by atoms with Crippen LogP contribution in [0.1, 0.15) is 22.0 Å². The molecule has 0 aliphatic heterocycles. The molecule has 5 nitrogen and oxygen atoms in total. The average Bonchev–Trinajstić information content (AvgIpc) is 3.21. The number of benzene rings is 2. The molecule has 0 saturated heterocycles. The fraction of sp³-hybridized carbons (Fsp3) is 0.105. The molecular formula is C19H15N3O2S. The Hall–Kier alpha value is -2.99. The van der Waals surface area contributed by atoms with E-state index in [1.54, 1.807) is 18.3 Å². The Bertz CT molecular complexity index is 1060. The summed E-state index contributed by atoms with van der Waals surface area (Å²) in [5.41, 5.74) is 3.93. The van der Waals surface area contributed by atoms with Crippen LogP contribution in [-0.2, 0) is 0 Å². The molecule has 1 N–H and O–H groups in total. The lowest BCUT2D eigenvalue weighted by Gasteiger charge is -2.03. The number of thiazole rings is 1. The van der Waals surface area contributed by atoms with Crippen molar-refractivity contribution in [1.29, 1.82) is 0 Å². The fourth-order valence-corrected chi connectivity index (χ4v) is 3.57. The Balaban J connectivity index is 1.55. The molecule has 0 bridgehead atoms. The van der Waals surface area contributed by atoms with Gasteiger partial charge in [0.1, 0.15) is 10.8 Å². The van der Waals surface area contributed by atoms with Gasteiger partial charge in [-0.15, -0.1) is 11.3 Å². The lowest BCUT2D eigenvalue weighted by molar-refractivity contribution is 0.0989. The average molecular weight is 349 g/mol. The lowest BCUT2D eigenvalue weighted by Crippen LogP contribution is -2.11. The lowest BCUT2D eigenvalue weighted by atomic mass is 10.2. The van der Waals surface area contributed by atoms with Gasteiger partial charge in [-0.3, -0.25) is 4.79 Å². The van der Waals surface area contributed by atoms with Crippen molar-refractivity contribution in [2.45, 2.75) is 13.8 Å². The van der Waals surface area contributed by atoms with Gasteiger partial charge in [-0.25, -0.2) is 9.97 Å². The number of hydrogen-bond acceptors (Lipinski definition) is 5. The van der Waals surface area contributed by atoms with E-state index in [2.05, 4.69) is 34.3 Å². The Morgan fingerprint density at radius 1 is 1.12 bits per heavy atom. The maximum absolute atomic E-state index is 12.1. The topological polar surface area (TPSA) is 68.0 Å². The molecule has 0 radical (unpaired) electrons. The Kier molecular flexibility index (Phi) is 3.82. The van der Waals surface area contributed by atoms with E-state index in [9.17, 15) is 4.79 Å². The number of nitrogens with zero attached hydrogens (tertiary/aromatic N) is 2. The molecule has 0 spiro atoms. The second kappa shape index (κ2) is 6.14. The Labute approximate surface area is 148 Å². The molecular weight excluding hydrogens is 334 g/mol. The van der Waals surface area contributed by atoms with Crippen molar-refractivity contribution in [3.8, 4) is 10.6 Å². The van der Waals surface area contributed by atoms with Crippen molar-refractivity contribution < 1.29 is 9.21 Å². The zero-order chi connectivity index (χ0) is 17.4. The molecule has 124 valence electrons. The third-order valence-corrected chi connectivity index (χ3v) is 4.82. The minimum Gasteiger partial charge on any atom is -0.438 e. The smallest absolute Gasteiger partial charge is 0.311 e. The SMILES string of the molecule is Cc1ccc2nc(-c3ccc(NC(=O)c4ncc(C)o4)cc3)sc2c1. The van der Waals surface area contributed by atoms with Gasteiger partial charge >= 0.3 is 5.91 Å². The number of rotatable bonds is 3. The van der Waals surface area contributed by atoms with E-state index in [1.807, 2.05) is 30.3 Å². The van der Waals surface area contributed by atoms with Crippen LogP contribution in [-0.4, -0.2) is 15.9 Å². The van der Waals surface area contributed by atoms with Crippen LogP contribution in [0.2, 0.25) is 0 Å². The van der Waals surface area contributed by atoms with Crippen molar-refractivity contribution in [2.75, 3.05) is 5.32 Å². The van der Waals surface area contributed by atoms with E-state index in [4.69, 9.17) is 4.42 Å². The summed E-state index contributed by atoms with van der Waals surface area (Å²) < 4.78 is 6.40. The molecule has 0 unspecified atom stereocenters. The number of nitrogens with one attached hydrogen (secondary N) is 1. The maximum Gasteiger partial charge on any atom is 0.311 e. The Morgan fingerprint density at radius 2 is 1.92 bits per heavy atom. The highest BCUT2D eigenvalue weighted by molar-refractivity contribution is 7.21. The number of fused-ring (bicyclic) bond motifs is 1. The van der Waals surface area contributed by atoms with Crippen molar-refractivity contribution in [3.63, 3.8) is 0 Å². The first-order chi connectivity index (χ1) is 12.1. The van der Waals surface area contributed by atoms with Crippen LogP contribution in [0, 0.1) is 13.8 Å². The number of anilines is 1. The quantitative estimate of drug-likeness (QED) is 0.576. The molecule has 0 saturated carbocycles. The highest BCUT2D eigenvalue weighted by atomic mass is 32.1. The summed E-state index contributed by atoms with van der Waals surface area (Å²) in [5.74, 6) is 0.297. The summed E-state index contributed by atoms with van der Waals surface area (Å²) in [4.78, 5) is 20.6. The van der Waals surface area contributed by atoms with Gasteiger partial charge in [0, 0.05) is 11.3 Å². The van der Waals surface area contributed by atoms with Gasteiger partial charge < -0.3 is 9.73 Å². The third-order valence-electron chi connectivity index (χ3n) is 3.75. The fourth-order valence-electron chi connectivity index (χ4n) is 2.50. The van der Waals surface area contributed by atoms with Crippen molar-refractivity contribution >= 4 is 33.1 Å². The van der Waals surface area contributed by atoms with E-state index < -0.39 is 0 Å². The number of oxazole rings is 1. The minimum absolute atomic E-state index is 0.0584. The van der Waals surface area contributed by atoms with Gasteiger partial charge in [0.05, 0.1) is 16.4 Å². The van der Waals surface area contributed by atoms with E-state index in [0.717, 1.165) is 16.1 Å². The number of aryl methyl sites for hydroxylation is 2.